The van der Waals surface area contributed by atoms with Crippen molar-refractivity contribution in [2.75, 3.05) is 32.7 Å². The van der Waals surface area contributed by atoms with Gasteiger partial charge in [0, 0.05) is 62.8 Å². The number of rotatable bonds is 12. The van der Waals surface area contributed by atoms with Crippen LogP contribution in [0.3, 0.4) is 0 Å². The number of fused-ring (bicyclic) bond motifs is 16. The van der Waals surface area contributed by atoms with Gasteiger partial charge in [0.15, 0.2) is 0 Å². The highest BCUT2D eigenvalue weighted by atomic mass is 32.1. The fourth-order valence-corrected chi connectivity index (χ4v) is 16.3. The molecule has 10 N–H and O–H groups in total. The van der Waals surface area contributed by atoms with Gasteiger partial charge in [-0.1, -0.05) is 49.4 Å². The molecule has 2 fully saturated rings. The molecule has 3 aliphatic heterocycles. The third kappa shape index (κ3) is 13.8. The number of carbonyl (C=O) groups is 7. The van der Waals surface area contributed by atoms with Gasteiger partial charge < -0.3 is 57.5 Å². The number of carbonyl (C=O) groups excluding carboxylic acids is 7. The van der Waals surface area contributed by atoms with Gasteiger partial charge in [0.05, 0.1) is 30.7 Å². The molecule has 7 amide bonds. The van der Waals surface area contributed by atoms with E-state index in [2.05, 4.69) is 41.1 Å². The summed E-state index contributed by atoms with van der Waals surface area (Å²) >= 11 is 6.86. The van der Waals surface area contributed by atoms with Gasteiger partial charge in [-0.3, -0.25) is 28.8 Å². The Morgan fingerprint density at radius 3 is 2.10 bits per heavy atom. The average molecular weight is 1340 g/mol. The first-order valence-corrected chi connectivity index (χ1v) is 33.9. The summed E-state index contributed by atoms with van der Waals surface area (Å²) in [6.45, 7) is 6.31. The number of hydrogen-bond acceptors (Lipinski definition) is 24. The van der Waals surface area contributed by atoms with E-state index in [-0.39, 0.29) is 51.5 Å². The molecule has 7 atom stereocenters. The van der Waals surface area contributed by atoms with Crippen LogP contribution >= 0.6 is 68.0 Å². The minimum atomic E-state index is -1.43. The normalized spacial score (nSPS) is 20.1. The molecular formula is C60H57N15O10S6. The van der Waals surface area contributed by atoms with Crippen LogP contribution in [0.5, 0.6) is 5.75 Å². The van der Waals surface area contributed by atoms with Gasteiger partial charge in [-0.25, -0.2) is 39.7 Å². The lowest BCUT2D eigenvalue weighted by atomic mass is 10.00. The van der Waals surface area contributed by atoms with E-state index in [9.17, 15) is 39.0 Å². The van der Waals surface area contributed by atoms with Gasteiger partial charge >= 0.3 is 6.09 Å². The Bertz CT molecular complexity index is 4220. The fraction of sp³-hybridized carbons (Fsp3) is 0.300. The molecule has 2 saturated heterocycles. The second-order valence-corrected chi connectivity index (χ2v) is 27.4. The lowest BCUT2D eigenvalue weighted by Gasteiger charge is -2.29. The van der Waals surface area contributed by atoms with Crippen molar-refractivity contribution in [2.45, 2.75) is 75.9 Å². The Balaban J connectivity index is 0.957. The number of phenolic OH excluding ortho intramolecular Hbond substituents is 1. The van der Waals surface area contributed by atoms with Gasteiger partial charge in [0.1, 0.15) is 99.9 Å². The largest absolute Gasteiger partial charge is 0.508 e. The van der Waals surface area contributed by atoms with Crippen LogP contribution in [-0.2, 0) is 20.7 Å². The van der Waals surface area contributed by atoms with Crippen molar-refractivity contribution in [1.82, 2.24) is 66.0 Å². The van der Waals surface area contributed by atoms with Crippen molar-refractivity contribution < 1.29 is 48.5 Å². The molecule has 0 unspecified atom stereocenters. The Morgan fingerprint density at radius 2 is 1.35 bits per heavy atom. The summed E-state index contributed by atoms with van der Waals surface area (Å²) < 4.78 is 6.15. The summed E-state index contributed by atoms with van der Waals surface area (Å²) in [6.07, 6.45) is -1.21. The number of aromatic nitrogens is 7. The minimum Gasteiger partial charge on any atom is -0.508 e. The third-order valence-corrected chi connectivity index (χ3v) is 21.1. The Hall–Kier alpha value is -8.82. The number of aliphatic hydroxyl groups is 1. The van der Waals surface area contributed by atoms with Crippen LogP contribution in [0, 0.1) is 12.8 Å². The lowest BCUT2D eigenvalue weighted by molar-refractivity contribution is -0.134. The van der Waals surface area contributed by atoms with Crippen LogP contribution in [-0.4, -0.2) is 141 Å². The summed E-state index contributed by atoms with van der Waals surface area (Å²) in [5.74, 6) is -4.81. The number of amides is 7. The number of nitrogens with two attached hydrogens (primary N) is 2. The highest BCUT2D eigenvalue weighted by Crippen LogP contribution is 2.44. The van der Waals surface area contributed by atoms with Crippen molar-refractivity contribution >= 4 is 110 Å². The van der Waals surface area contributed by atoms with Crippen molar-refractivity contribution in [2.24, 2.45) is 17.4 Å². The highest BCUT2D eigenvalue weighted by molar-refractivity contribution is 7.15. The number of primary amides is 2. The third-order valence-electron chi connectivity index (χ3n) is 15.6. The quantitative estimate of drug-likeness (QED) is 0.0598. The van der Waals surface area contributed by atoms with Gasteiger partial charge in [0.25, 0.3) is 23.6 Å². The van der Waals surface area contributed by atoms with Gasteiger partial charge in [-0.2, -0.15) is 0 Å². The molecule has 91 heavy (non-hydrogen) atoms. The number of nitrogens with zero attached hydrogens (tertiary/aromatic N) is 9. The lowest BCUT2D eigenvalue weighted by Crippen LogP contribution is -2.50. The maximum atomic E-state index is 15.7. The summed E-state index contributed by atoms with van der Waals surface area (Å²) in [6, 6.07) is 13.6. The molecule has 0 saturated carbocycles. The minimum absolute atomic E-state index is 0.0148. The molecular weight excluding hydrogens is 1280 g/mol. The van der Waals surface area contributed by atoms with Crippen molar-refractivity contribution in [1.29, 1.82) is 0 Å². The maximum absolute atomic E-state index is 15.7. The molecule has 25 nitrogen and oxygen atoms in total. The van der Waals surface area contributed by atoms with E-state index in [1.165, 1.54) is 62.3 Å². The standard InChI is InChI=1S/C60H57N15O10S6/c1-28-42(85-60(84)63-16-19-74-17-6-7-18-74)22-75-47(28)58-71-41(27-90-58)55-67-37(23-87-55)45-33(14-15-34(64-45)54-68-38(24-88-54)49(62)79)53-69-39(25-86-53)50(80)65-35(21-43(61)77)56-73-44(29(2)91-56)52(82)72-46(48(78)31-8-4-3-5-9-31)57-70-40(26-89-57)51(81)66-36(59(75)83)20-30-10-12-32(76)13-11-30/h3-5,8-15,23-28,35-36,42,46-48,76,78H,6-7,16-22H2,1-2H3,(H2,61,77)(H2,62,79)(H,63,84)(H,65,80)(H,66,81)(H,72,82)/t28-,35-,36-,42-,46-,47+,48+/m0/s1. The van der Waals surface area contributed by atoms with Crippen molar-refractivity contribution in [3.8, 4) is 49.1 Å². The zero-order valence-corrected chi connectivity index (χ0v) is 53.3. The van der Waals surface area contributed by atoms with E-state index in [1.807, 2.05) is 12.3 Å². The molecule has 9 aromatic rings. The van der Waals surface area contributed by atoms with Crippen molar-refractivity contribution in [3.63, 3.8) is 0 Å². The van der Waals surface area contributed by atoms with Gasteiger partial charge in [-0.15, -0.1) is 68.0 Å². The molecule has 2 aromatic carbocycles. The van der Waals surface area contributed by atoms with E-state index in [0.29, 0.717) is 77.5 Å². The molecule has 12 rings (SSSR count). The number of pyridine rings is 1. The predicted molar refractivity (Wildman–Crippen MR) is 342 cm³/mol. The summed E-state index contributed by atoms with van der Waals surface area (Å²) in [4.78, 5) is 136. The van der Waals surface area contributed by atoms with E-state index < -0.39 is 90.3 Å². The van der Waals surface area contributed by atoms with E-state index in [1.54, 1.807) is 71.8 Å². The number of likely N-dealkylation sites (tertiary alicyclic amines) is 1. The number of aromatic hydroxyl groups is 1. The number of ether oxygens (including phenoxy) is 1. The summed E-state index contributed by atoms with van der Waals surface area (Å²) in [5.41, 5.74) is 14.1. The number of benzene rings is 2. The summed E-state index contributed by atoms with van der Waals surface area (Å²) in [7, 11) is 0. The van der Waals surface area contributed by atoms with Gasteiger partial charge in [-0.05, 0) is 68.2 Å². The molecule has 0 spiro atoms. The van der Waals surface area contributed by atoms with Crippen molar-refractivity contribution in [3.05, 3.63) is 147 Å². The molecule has 31 heteroatoms. The predicted octanol–water partition coefficient (Wildman–Crippen LogP) is 7.22. The van der Waals surface area contributed by atoms with Gasteiger partial charge in [0.2, 0.25) is 11.8 Å². The van der Waals surface area contributed by atoms with Crippen LogP contribution in [0.1, 0.15) is 123 Å². The van der Waals surface area contributed by atoms with E-state index in [0.717, 1.165) is 59.9 Å². The monoisotopic (exact) mass is 1340 g/mol. The number of nitrogens with one attached hydrogen (secondary N) is 4. The first-order chi connectivity index (χ1) is 43.9. The zero-order chi connectivity index (χ0) is 63.6. The Labute approximate surface area is 543 Å². The SMILES string of the molecule is Cc1sc2nc1C(=O)N[C@@H]([C@H](O)c1ccccc1)c1nc(cs1)C(=O)N[C@@H](Cc1ccc(O)cc1)C(=O)N1C[C@H](OC(=O)NCCN3CCCC3)[C@H](C)[C@@H]1c1nc(cs1)-c1nc(cs1)-c1nc(-c3nc(C(N)=O)cs3)ccc1-c1nc(cs1)C(=O)N[C@H]2CC(N)=O. The molecule has 0 aliphatic carbocycles. The van der Waals surface area contributed by atoms with Crippen LogP contribution in [0.25, 0.3) is 43.4 Å². The second-order valence-electron chi connectivity index (χ2n) is 21.8. The molecule has 10 heterocycles. The molecule has 3 aliphatic rings. The number of thiazole rings is 6. The second kappa shape index (κ2) is 26.9. The average Bonchev–Trinajstić information content (AvgIpc) is 1.67. The topological polar surface area (TPSA) is 366 Å². The van der Waals surface area contributed by atoms with E-state index >= 15 is 4.79 Å². The first kappa shape index (κ1) is 62.4. The number of aryl methyl sites for hydroxylation is 1. The smallest absolute Gasteiger partial charge is 0.407 e. The number of alkyl carbamates (subject to hydrolysis) is 1. The molecule has 10 bridgehead atoms. The number of aliphatic hydroxyl groups excluding tert-OH is 1. The molecule has 0 radical (unpaired) electrons. The Morgan fingerprint density at radius 1 is 0.692 bits per heavy atom. The maximum Gasteiger partial charge on any atom is 0.407 e. The highest BCUT2D eigenvalue weighted by Gasteiger charge is 2.48. The van der Waals surface area contributed by atoms with Crippen LogP contribution in [0.2, 0.25) is 0 Å². The number of hydrogen-bond donors (Lipinski definition) is 8. The zero-order valence-electron chi connectivity index (χ0n) is 48.4. The molecule has 7 aromatic heterocycles. The first-order valence-electron chi connectivity index (χ1n) is 28.7. The van der Waals surface area contributed by atoms with E-state index in [4.69, 9.17) is 36.1 Å². The van der Waals surface area contributed by atoms with Crippen LogP contribution in [0.4, 0.5) is 4.79 Å². The van der Waals surface area contributed by atoms with Crippen LogP contribution < -0.4 is 32.7 Å². The Kier molecular flexibility index (Phi) is 18.5. The number of phenols is 1. The fourth-order valence-electron chi connectivity index (χ4n) is 10.9. The van der Waals surface area contributed by atoms with Crippen LogP contribution in [0.15, 0.2) is 93.6 Å². The molecule has 468 valence electrons. The summed E-state index contributed by atoms with van der Waals surface area (Å²) in [5, 5.41) is 44.0.